The third kappa shape index (κ3) is 3.73. The molecule has 0 amide bonds. The van der Waals surface area contributed by atoms with E-state index in [4.69, 9.17) is 11.6 Å². The van der Waals surface area contributed by atoms with E-state index in [-0.39, 0.29) is 5.41 Å². The molecular formula is C15H26ClN3. The predicted octanol–water partition coefficient (Wildman–Crippen LogP) is 3.34. The van der Waals surface area contributed by atoms with Crippen molar-refractivity contribution in [3.8, 4) is 0 Å². The third-order valence-corrected chi connectivity index (χ3v) is 4.65. The Balaban J connectivity index is 2.09. The predicted molar refractivity (Wildman–Crippen MR) is 80.6 cm³/mol. The van der Waals surface area contributed by atoms with E-state index in [1.165, 1.54) is 18.4 Å². The number of aryl methyl sites for hydroxylation is 2. The van der Waals surface area contributed by atoms with Crippen molar-refractivity contribution < 1.29 is 0 Å². The molecule has 1 fully saturated rings. The van der Waals surface area contributed by atoms with Crippen molar-refractivity contribution in [2.75, 3.05) is 6.54 Å². The smallest absolute Gasteiger partial charge is 0.130 e. The Hall–Kier alpha value is -0.540. The summed E-state index contributed by atoms with van der Waals surface area (Å²) in [5.74, 6) is 0.577. The van der Waals surface area contributed by atoms with Crippen molar-refractivity contribution in [3.05, 3.63) is 16.4 Å². The molecule has 4 heteroatoms. The van der Waals surface area contributed by atoms with E-state index in [9.17, 15) is 0 Å². The fourth-order valence-corrected chi connectivity index (χ4v) is 2.68. The maximum absolute atomic E-state index is 6.36. The molecule has 1 aromatic rings. The van der Waals surface area contributed by atoms with Gasteiger partial charge in [0.25, 0.3) is 0 Å². The van der Waals surface area contributed by atoms with Gasteiger partial charge in [-0.05, 0) is 44.1 Å². The molecule has 2 rings (SSSR count). The maximum atomic E-state index is 6.36. The first-order chi connectivity index (χ1) is 8.79. The second-order valence-corrected chi connectivity index (χ2v) is 7.29. The van der Waals surface area contributed by atoms with E-state index in [2.05, 4.69) is 38.1 Å². The molecule has 19 heavy (non-hydrogen) atoms. The van der Waals surface area contributed by atoms with Gasteiger partial charge in [0.15, 0.2) is 0 Å². The molecule has 1 saturated carbocycles. The standard InChI is InChI=1S/C15H26ClN3/c1-10-13(14(16)19(5)18-10)8-11(15(2,3)4)9-17-12-6-7-12/h11-12,17H,6-9H2,1-5H3. The van der Waals surface area contributed by atoms with Crippen molar-refractivity contribution in [3.63, 3.8) is 0 Å². The minimum absolute atomic E-state index is 0.271. The molecule has 1 atom stereocenters. The molecular weight excluding hydrogens is 258 g/mol. The van der Waals surface area contributed by atoms with Gasteiger partial charge >= 0.3 is 0 Å². The van der Waals surface area contributed by atoms with Crippen LogP contribution >= 0.6 is 11.6 Å². The summed E-state index contributed by atoms with van der Waals surface area (Å²) in [6.45, 7) is 10.1. The highest BCUT2D eigenvalue weighted by molar-refractivity contribution is 6.30. The quantitative estimate of drug-likeness (QED) is 0.898. The Morgan fingerprint density at radius 3 is 2.47 bits per heavy atom. The van der Waals surface area contributed by atoms with Gasteiger partial charge in [0.1, 0.15) is 5.15 Å². The van der Waals surface area contributed by atoms with Gasteiger partial charge in [0.2, 0.25) is 0 Å². The number of halogens is 1. The first-order valence-corrected chi connectivity index (χ1v) is 7.58. The lowest BCUT2D eigenvalue weighted by Gasteiger charge is -2.31. The van der Waals surface area contributed by atoms with E-state index in [0.29, 0.717) is 5.92 Å². The van der Waals surface area contributed by atoms with Crippen LogP contribution in [0.1, 0.15) is 44.9 Å². The molecule has 0 radical (unpaired) electrons. The number of nitrogens with zero attached hydrogens (tertiary/aromatic N) is 2. The number of hydrogen-bond acceptors (Lipinski definition) is 2. The van der Waals surface area contributed by atoms with E-state index < -0.39 is 0 Å². The molecule has 108 valence electrons. The lowest BCUT2D eigenvalue weighted by molar-refractivity contribution is 0.230. The highest BCUT2D eigenvalue weighted by Gasteiger charge is 2.29. The molecule has 0 saturated heterocycles. The molecule has 0 bridgehead atoms. The molecule has 1 aromatic heterocycles. The Morgan fingerprint density at radius 2 is 2.05 bits per heavy atom. The largest absolute Gasteiger partial charge is 0.314 e. The first kappa shape index (κ1) is 14.9. The topological polar surface area (TPSA) is 29.9 Å². The Morgan fingerprint density at radius 1 is 1.42 bits per heavy atom. The van der Waals surface area contributed by atoms with Crippen molar-refractivity contribution in [2.24, 2.45) is 18.4 Å². The zero-order valence-electron chi connectivity index (χ0n) is 12.8. The van der Waals surface area contributed by atoms with E-state index in [1.807, 2.05) is 7.05 Å². The first-order valence-electron chi connectivity index (χ1n) is 7.20. The Labute approximate surface area is 121 Å². The molecule has 1 N–H and O–H groups in total. The number of rotatable bonds is 5. The van der Waals surface area contributed by atoms with Gasteiger partial charge in [-0.3, -0.25) is 4.68 Å². The summed E-state index contributed by atoms with van der Waals surface area (Å²) >= 11 is 6.36. The van der Waals surface area contributed by atoms with Crippen LogP contribution in [0.5, 0.6) is 0 Å². The van der Waals surface area contributed by atoms with Crippen molar-refractivity contribution in [2.45, 2.75) is 53.0 Å². The number of aromatic nitrogens is 2. The fraction of sp³-hybridized carbons (Fsp3) is 0.800. The average Bonchev–Trinajstić information content (AvgIpc) is 3.06. The molecule has 0 aliphatic heterocycles. The maximum Gasteiger partial charge on any atom is 0.130 e. The highest BCUT2D eigenvalue weighted by atomic mass is 35.5. The van der Waals surface area contributed by atoms with Crippen LogP contribution in [0.2, 0.25) is 5.15 Å². The zero-order valence-corrected chi connectivity index (χ0v) is 13.5. The lowest BCUT2D eigenvalue weighted by atomic mass is 9.77. The normalized spacial score (nSPS) is 17.8. The van der Waals surface area contributed by atoms with E-state index >= 15 is 0 Å². The van der Waals surface area contributed by atoms with E-state index in [0.717, 1.165) is 29.9 Å². The third-order valence-electron chi connectivity index (χ3n) is 4.18. The Bertz CT molecular complexity index is 441. The average molecular weight is 284 g/mol. The summed E-state index contributed by atoms with van der Waals surface area (Å²) in [7, 11) is 1.91. The van der Waals surface area contributed by atoms with Crippen LogP contribution in [0.4, 0.5) is 0 Å². The monoisotopic (exact) mass is 283 g/mol. The van der Waals surface area contributed by atoms with Crippen molar-refractivity contribution in [1.29, 1.82) is 0 Å². The highest BCUT2D eigenvalue weighted by Crippen LogP contribution is 2.32. The van der Waals surface area contributed by atoms with Gasteiger partial charge in [0.05, 0.1) is 5.69 Å². The van der Waals surface area contributed by atoms with Gasteiger partial charge < -0.3 is 5.32 Å². The van der Waals surface area contributed by atoms with Crippen LogP contribution < -0.4 is 5.32 Å². The molecule has 3 nitrogen and oxygen atoms in total. The van der Waals surface area contributed by atoms with Crippen molar-refractivity contribution >= 4 is 11.6 Å². The van der Waals surface area contributed by atoms with Gasteiger partial charge in [-0.2, -0.15) is 5.10 Å². The second-order valence-electron chi connectivity index (χ2n) is 6.93. The molecule has 0 spiro atoms. The van der Waals surface area contributed by atoms with Gasteiger partial charge in [-0.25, -0.2) is 0 Å². The molecule has 1 aliphatic rings. The van der Waals surface area contributed by atoms with Gasteiger partial charge in [-0.1, -0.05) is 32.4 Å². The lowest BCUT2D eigenvalue weighted by Crippen LogP contribution is -2.34. The van der Waals surface area contributed by atoms with Crippen LogP contribution in [0, 0.1) is 18.3 Å². The van der Waals surface area contributed by atoms with Crippen LogP contribution in [-0.2, 0) is 13.5 Å². The SMILES string of the molecule is Cc1nn(C)c(Cl)c1CC(CNC1CC1)C(C)(C)C. The van der Waals surface area contributed by atoms with Crippen LogP contribution in [-0.4, -0.2) is 22.4 Å². The molecule has 1 unspecified atom stereocenters. The summed E-state index contributed by atoms with van der Waals surface area (Å²) < 4.78 is 1.78. The van der Waals surface area contributed by atoms with Crippen LogP contribution in [0.15, 0.2) is 0 Å². The van der Waals surface area contributed by atoms with Crippen molar-refractivity contribution in [1.82, 2.24) is 15.1 Å². The number of hydrogen-bond donors (Lipinski definition) is 1. The minimum Gasteiger partial charge on any atom is -0.314 e. The number of nitrogens with one attached hydrogen (secondary N) is 1. The Kier molecular flexibility index (Phi) is 4.26. The van der Waals surface area contributed by atoms with E-state index in [1.54, 1.807) is 4.68 Å². The summed E-state index contributed by atoms with van der Waals surface area (Å²) in [5, 5.41) is 8.87. The zero-order chi connectivity index (χ0) is 14.2. The fourth-order valence-electron chi connectivity index (χ4n) is 2.43. The summed E-state index contributed by atoms with van der Waals surface area (Å²) in [4.78, 5) is 0. The van der Waals surface area contributed by atoms with Gasteiger partial charge in [-0.15, -0.1) is 0 Å². The van der Waals surface area contributed by atoms with Crippen LogP contribution in [0.3, 0.4) is 0 Å². The second kappa shape index (κ2) is 5.45. The van der Waals surface area contributed by atoms with Gasteiger partial charge in [0, 0.05) is 18.7 Å². The molecule has 1 heterocycles. The summed E-state index contributed by atoms with van der Waals surface area (Å²) in [6.07, 6.45) is 3.68. The minimum atomic E-state index is 0.271. The molecule has 0 aromatic carbocycles. The molecule has 1 aliphatic carbocycles. The summed E-state index contributed by atoms with van der Waals surface area (Å²) in [5.41, 5.74) is 2.54. The summed E-state index contributed by atoms with van der Waals surface area (Å²) in [6, 6.07) is 0.760. The van der Waals surface area contributed by atoms with Crippen LogP contribution in [0.25, 0.3) is 0 Å².